The zero-order valence-electron chi connectivity index (χ0n) is 5.55. The lowest BCUT2D eigenvalue weighted by Gasteiger charge is -2.06. The van der Waals surface area contributed by atoms with E-state index in [-0.39, 0.29) is 7.92 Å². The molecule has 0 bridgehead atoms. The minimum atomic E-state index is 0.0756. The number of carbonyl (C=O) groups excluding carboxylic acids is 1. The third-order valence-electron chi connectivity index (χ3n) is 1.23. The Balaban J connectivity index is 3.20. The first-order valence-electron chi connectivity index (χ1n) is 3.01. The van der Waals surface area contributed by atoms with Crippen LogP contribution in [-0.4, -0.2) is 24.8 Å². The first kappa shape index (κ1) is 8.10. The van der Waals surface area contributed by atoms with E-state index in [1.807, 2.05) is 0 Å². The molecule has 0 saturated heterocycles. The minimum absolute atomic E-state index is 0.0756. The maximum Gasteiger partial charge on any atom is 0.124 e. The third kappa shape index (κ3) is 3.15. The summed E-state index contributed by atoms with van der Waals surface area (Å²) in [6, 6.07) is 0. The van der Waals surface area contributed by atoms with E-state index >= 15 is 0 Å². The average molecular weight is 132 g/mol. The Morgan fingerprint density at radius 2 is 1.88 bits per heavy atom. The minimum Gasteiger partial charge on any atom is -0.303 e. The van der Waals surface area contributed by atoms with Crippen molar-refractivity contribution in [2.24, 2.45) is 0 Å². The number of aldehydes is 1. The Hall–Kier alpha value is 0.100. The zero-order valence-corrected chi connectivity index (χ0v) is 6.45. The van der Waals surface area contributed by atoms with Gasteiger partial charge in [0, 0.05) is 6.16 Å². The predicted molar refractivity (Wildman–Crippen MR) is 38.9 cm³/mol. The molecule has 0 N–H and O–H groups in total. The van der Waals surface area contributed by atoms with Gasteiger partial charge in [-0.15, -0.1) is 7.92 Å². The van der Waals surface area contributed by atoms with Gasteiger partial charge in [0.25, 0.3) is 0 Å². The Morgan fingerprint density at radius 1 is 1.38 bits per heavy atom. The van der Waals surface area contributed by atoms with Crippen LogP contribution in [0.15, 0.2) is 0 Å². The zero-order chi connectivity index (χ0) is 6.41. The molecule has 0 aliphatic rings. The first-order chi connectivity index (χ1) is 3.85. The highest BCUT2D eigenvalue weighted by Crippen LogP contribution is 2.31. The molecule has 0 aromatic heterocycles. The fraction of sp³-hybridized carbons (Fsp3) is 0.833. The average Bonchev–Trinajstić information content (AvgIpc) is 1.83. The molecule has 8 heavy (non-hydrogen) atoms. The van der Waals surface area contributed by atoms with E-state index in [0.29, 0.717) is 0 Å². The van der Waals surface area contributed by atoms with Gasteiger partial charge in [-0.05, 0) is 12.3 Å². The van der Waals surface area contributed by atoms with E-state index in [9.17, 15) is 4.79 Å². The van der Waals surface area contributed by atoms with Crippen LogP contribution in [0.5, 0.6) is 0 Å². The highest BCUT2D eigenvalue weighted by molar-refractivity contribution is 7.58. The van der Waals surface area contributed by atoms with E-state index in [1.165, 1.54) is 12.3 Å². The molecular weight excluding hydrogens is 119 g/mol. The van der Waals surface area contributed by atoms with Crippen LogP contribution in [0.3, 0.4) is 0 Å². The summed E-state index contributed by atoms with van der Waals surface area (Å²) < 4.78 is 0. The van der Waals surface area contributed by atoms with Gasteiger partial charge in [0.15, 0.2) is 0 Å². The molecule has 0 saturated carbocycles. The van der Waals surface area contributed by atoms with Gasteiger partial charge in [0.05, 0.1) is 0 Å². The van der Waals surface area contributed by atoms with Crippen molar-refractivity contribution in [3.63, 3.8) is 0 Å². The SMILES string of the molecule is CCP(CC)CC=O. The number of hydrogen-bond acceptors (Lipinski definition) is 1. The fourth-order valence-electron chi connectivity index (χ4n) is 0.587. The molecule has 0 aliphatic heterocycles. The standard InChI is InChI=1S/C6H13OP/c1-3-8(4-2)6-5-7/h5H,3-4,6H2,1-2H3. The summed E-state index contributed by atoms with van der Waals surface area (Å²) in [7, 11) is 0.0756. The summed E-state index contributed by atoms with van der Waals surface area (Å²) >= 11 is 0. The molecule has 0 rings (SSSR count). The summed E-state index contributed by atoms with van der Waals surface area (Å²) in [4.78, 5) is 9.95. The van der Waals surface area contributed by atoms with E-state index in [1.54, 1.807) is 0 Å². The van der Waals surface area contributed by atoms with E-state index in [4.69, 9.17) is 0 Å². The van der Waals surface area contributed by atoms with Crippen molar-refractivity contribution in [1.29, 1.82) is 0 Å². The van der Waals surface area contributed by atoms with Crippen molar-refractivity contribution in [2.75, 3.05) is 18.5 Å². The second kappa shape index (κ2) is 5.24. The van der Waals surface area contributed by atoms with Crippen molar-refractivity contribution in [3.05, 3.63) is 0 Å². The lowest BCUT2D eigenvalue weighted by Crippen LogP contribution is -1.89. The van der Waals surface area contributed by atoms with Crippen LogP contribution >= 0.6 is 7.92 Å². The van der Waals surface area contributed by atoms with Gasteiger partial charge in [0.1, 0.15) is 6.29 Å². The molecule has 0 aliphatic carbocycles. The van der Waals surface area contributed by atoms with Crippen LogP contribution in [0.2, 0.25) is 0 Å². The molecule has 0 heterocycles. The molecule has 0 atom stereocenters. The molecule has 0 amide bonds. The molecule has 0 unspecified atom stereocenters. The van der Waals surface area contributed by atoms with Gasteiger partial charge in [-0.1, -0.05) is 13.8 Å². The summed E-state index contributed by atoms with van der Waals surface area (Å²) in [5.74, 6) is 0. The summed E-state index contributed by atoms with van der Waals surface area (Å²) in [5.41, 5.74) is 0. The quantitative estimate of drug-likeness (QED) is 0.420. The molecule has 0 aromatic carbocycles. The van der Waals surface area contributed by atoms with Crippen LogP contribution in [-0.2, 0) is 4.79 Å². The van der Waals surface area contributed by atoms with Gasteiger partial charge < -0.3 is 4.79 Å². The van der Waals surface area contributed by atoms with Gasteiger partial charge in [-0.3, -0.25) is 0 Å². The van der Waals surface area contributed by atoms with Crippen LogP contribution in [0.25, 0.3) is 0 Å². The van der Waals surface area contributed by atoms with Gasteiger partial charge >= 0.3 is 0 Å². The van der Waals surface area contributed by atoms with Crippen molar-refractivity contribution in [1.82, 2.24) is 0 Å². The van der Waals surface area contributed by atoms with E-state index in [2.05, 4.69) is 13.8 Å². The number of hydrogen-bond donors (Lipinski definition) is 0. The number of rotatable bonds is 4. The smallest absolute Gasteiger partial charge is 0.124 e. The maximum atomic E-state index is 9.95. The molecule has 0 aromatic rings. The molecule has 0 fully saturated rings. The van der Waals surface area contributed by atoms with Crippen molar-refractivity contribution in [3.8, 4) is 0 Å². The molecule has 0 spiro atoms. The first-order valence-corrected chi connectivity index (χ1v) is 4.90. The summed E-state index contributed by atoms with van der Waals surface area (Å²) in [6.45, 7) is 4.30. The Kier molecular flexibility index (Phi) is 5.31. The third-order valence-corrected chi connectivity index (χ3v) is 3.68. The predicted octanol–water partition coefficient (Wildman–Crippen LogP) is 1.71. The second-order valence-corrected chi connectivity index (χ2v) is 4.62. The maximum absolute atomic E-state index is 9.95. The van der Waals surface area contributed by atoms with E-state index < -0.39 is 0 Å². The van der Waals surface area contributed by atoms with Crippen LogP contribution < -0.4 is 0 Å². The lowest BCUT2D eigenvalue weighted by atomic mass is 10.9. The Morgan fingerprint density at radius 3 is 2.00 bits per heavy atom. The molecular formula is C6H13OP. The highest BCUT2D eigenvalue weighted by atomic mass is 31.1. The lowest BCUT2D eigenvalue weighted by molar-refractivity contribution is -0.105. The molecule has 1 nitrogen and oxygen atoms in total. The molecule has 0 radical (unpaired) electrons. The van der Waals surface area contributed by atoms with Crippen LogP contribution in [0.4, 0.5) is 0 Å². The number of carbonyl (C=O) groups is 1. The van der Waals surface area contributed by atoms with Gasteiger partial charge in [0.2, 0.25) is 0 Å². The normalized spacial score (nSPS) is 9.88. The summed E-state index contributed by atoms with van der Waals surface area (Å²) in [5, 5.41) is 0. The topological polar surface area (TPSA) is 17.1 Å². The van der Waals surface area contributed by atoms with Crippen LogP contribution in [0, 0.1) is 0 Å². The Bertz CT molecular complexity index is 59.5. The van der Waals surface area contributed by atoms with Crippen LogP contribution in [0.1, 0.15) is 13.8 Å². The molecule has 48 valence electrons. The highest BCUT2D eigenvalue weighted by Gasteiger charge is 1.97. The van der Waals surface area contributed by atoms with E-state index in [0.717, 1.165) is 12.4 Å². The van der Waals surface area contributed by atoms with Crippen molar-refractivity contribution in [2.45, 2.75) is 13.8 Å². The largest absolute Gasteiger partial charge is 0.303 e. The second-order valence-electron chi connectivity index (χ2n) is 1.65. The van der Waals surface area contributed by atoms with Gasteiger partial charge in [-0.2, -0.15) is 0 Å². The Labute approximate surface area is 52.2 Å². The van der Waals surface area contributed by atoms with Crippen molar-refractivity contribution >= 4 is 14.2 Å². The van der Waals surface area contributed by atoms with Crippen molar-refractivity contribution < 1.29 is 4.79 Å². The monoisotopic (exact) mass is 132 g/mol. The molecule has 2 heteroatoms. The summed E-state index contributed by atoms with van der Waals surface area (Å²) in [6.07, 6.45) is 4.25. The fourth-order valence-corrected chi connectivity index (χ4v) is 1.76. The van der Waals surface area contributed by atoms with Gasteiger partial charge in [-0.25, -0.2) is 0 Å².